The van der Waals surface area contributed by atoms with E-state index in [0.717, 1.165) is 0 Å². The Balaban J connectivity index is 0.00000220. The van der Waals surface area contributed by atoms with Crippen molar-refractivity contribution in [2.75, 3.05) is 19.6 Å². The molecule has 1 aromatic rings. The summed E-state index contributed by atoms with van der Waals surface area (Å²) in [6.07, 6.45) is 0. The van der Waals surface area contributed by atoms with Crippen LogP contribution in [-0.2, 0) is 0 Å². The van der Waals surface area contributed by atoms with Crippen LogP contribution in [0.5, 0.6) is 5.75 Å². The maximum absolute atomic E-state index is 12.4. The van der Waals surface area contributed by atoms with Crippen LogP contribution in [0.25, 0.3) is 0 Å². The Kier molecular flexibility index (Phi) is 6.64. The number of carbonyl (C=O) groups is 1. The van der Waals surface area contributed by atoms with Gasteiger partial charge in [-0.2, -0.15) is 8.78 Å². The van der Waals surface area contributed by atoms with Crippen LogP contribution in [0.15, 0.2) is 18.2 Å². The fourth-order valence-corrected chi connectivity index (χ4v) is 2.33. The SMILES string of the molecule is CC1CN(C(=O)c2cc(Cl)ccc2OC(F)F)CCN1.Cl. The summed E-state index contributed by atoms with van der Waals surface area (Å²) < 4.78 is 29.1. The maximum Gasteiger partial charge on any atom is 0.387 e. The van der Waals surface area contributed by atoms with Crippen molar-refractivity contribution in [1.82, 2.24) is 10.2 Å². The number of piperazine rings is 1. The number of halogens is 4. The van der Waals surface area contributed by atoms with Crippen molar-refractivity contribution in [3.8, 4) is 5.75 Å². The number of alkyl halides is 2. The first-order chi connectivity index (χ1) is 9.47. The van der Waals surface area contributed by atoms with Gasteiger partial charge in [0.05, 0.1) is 5.56 Å². The summed E-state index contributed by atoms with van der Waals surface area (Å²) in [5.74, 6) is -0.503. The van der Waals surface area contributed by atoms with Crippen LogP contribution in [0.3, 0.4) is 0 Å². The summed E-state index contributed by atoms with van der Waals surface area (Å²) in [7, 11) is 0. The molecule has 1 unspecified atom stereocenters. The van der Waals surface area contributed by atoms with Crippen molar-refractivity contribution >= 4 is 29.9 Å². The summed E-state index contributed by atoms with van der Waals surface area (Å²) >= 11 is 5.84. The topological polar surface area (TPSA) is 41.6 Å². The molecule has 0 radical (unpaired) electrons. The number of hydrogen-bond acceptors (Lipinski definition) is 3. The smallest absolute Gasteiger partial charge is 0.387 e. The fraction of sp³-hybridized carbons (Fsp3) is 0.462. The lowest BCUT2D eigenvalue weighted by molar-refractivity contribution is -0.0503. The van der Waals surface area contributed by atoms with Gasteiger partial charge in [-0.15, -0.1) is 12.4 Å². The van der Waals surface area contributed by atoms with E-state index >= 15 is 0 Å². The molecule has 1 fully saturated rings. The molecule has 0 spiro atoms. The van der Waals surface area contributed by atoms with E-state index in [1.54, 1.807) is 4.90 Å². The van der Waals surface area contributed by atoms with Gasteiger partial charge in [0.15, 0.2) is 0 Å². The number of nitrogens with zero attached hydrogens (tertiary/aromatic N) is 1. The Morgan fingerprint density at radius 1 is 1.52 bits per heavy atom. The van der Waals surface area contributed by atoms with E-state index in [4.69, 9.17) is 11.6 Å². The van der Waals surface area contributed by atoms with Crippen LogP contribution in [0.2, 0.25) is 5.02 Å². The van der Waals surface area contributed by atoms with Gasteiger partial charge in [0.2, 0.25) is 0 Å². The zero-order chi connectivity index (χ0) is 14.7. The van der Waals surface area contributed by atoms with Crippen LogP contribution < -0.4 is 10.1 Å². The van der Waals surface area contributed by atoms with Gasteiger partial charge in [0, 0.05) is 30.7 Å². The summed E-state index contributed by atoms with van der Waals surface area (Å²) in [5, 5.41) is 3.51. The average molecular weight is 341 g/mol. The molecular weight excluding hydrogens is 325 g/mol. The predicted molar refractivity (Wildman–Crippen MR) is 78.7 cm³/mol. The van der Waals surface area contributed by atoms with Gasteiger partial charge < -0.3 is 15.0 Å². The molecule has 1 saturated heterocycles. The maximum atomic E-state index is 12.4. The lowest BCUT2D eigenvalue weighted by Gasteiger charge is -2.32. The zero-order valence-electron chi connectivity index (χ0n) is 11.3. The first-order valence-electron chi connectivity index (χ1n) is 6.24. The number of hydrogen-bond donors (Lipinski definition) is 1. The Bertz CT molecular complexity index is 503. The molecule has 1 aliphatic heterocycles. The molecule has 1 aliphatic rings. The standard InChI is InChI=1S/C13H15ClF2N2O2.ClH/c1-8-7-18(5-4-17-8)12(19)10-6-9(14)2-3-11(10)20-13(15)16;/h2-3,6,8,13,17H,4-5,7H2,1H3;1H. The van der Waals surface area contributed by atoms with E-state index in [1.165, 1.54) is 18.2 Å². The van der Waals surface area contributed by atoms with E-state index in [1.807, 2.05) is 6.92 Å². The summed E-state index contributed by atoms with van der Waals surface area (Å²) in [6, 6.07) is 4.21. The highest BCUT2D eigenvalue weighted by Gasteiger charge is 2.25. The Morgan fingerprint density at radius 3 is 2.86 bits per heavy atom. The van der Waals surface area contributed by atoms with Crippen molar-refractivity contribution < 1.29 is 18.3 Å². The quantitative estimate of drug-likeness (QED) is 0.919. The van der Waals surface area contributed by atoms with Crippen molar-refractivity contribution in [2.24, 2.45) is 0 Å². The molecule has 21 heavy (non-hydrogen) atoms. The number of carbonyl (C=O) groups excluding carboxylic acids is 1. The molecule has 0 saturated carbocycles. The fourth-order valence-electron chi connectivity index (χ4n) is 2.16. The highest BCUT2D eigenvalue weighted by molar-refractivity contribution is 6.31. The second-order valence-corrected chi connectivity index (χ2v) is 5.06. The van der Waals surface area contributed by atoms with Gasteiger partial charge in [-0.25, -0.2) is 0 Å². The first kappa shape index (κ1) is 17.9. The minimum Gasteiger partial charge on any atom is -0.434 e. The van der Waals surface area contributed by atoms with Crippen LogP contribution in [0.1, 0.15) is 17.3 Å². The molecule has 2 rings (SSSR count). The molecule has 0 aliphatic carbocycles. The van der Waals surface area contributed by atoms with Crippen molar-refractivity contribution in [1.29, 1.82) is 0 Å². The van der Waals surface area contributed by atoms with Gasteiger partial charge in [-0.1, -0.05) is 11.6 Å². The minimum atomic E-state index is -2.98. The molecule has 1 N–H and O–H groups in total. The lowest BCUT2D eigenvalue weighted by Crippen LogP contribution is -2.51. The molecule has 0 aromatic heterocycles. The number of rotatable bonds is 3. The Morgan fingerprint density at radius 2 is 2.24 bits per heavy atom. The predicted octanol–water partition coefficient (Wildman–Crippen LogP) is 2.80. The first-order valence-corrected chi connectivity index (χ1v) is 6.62. The molecule has 8 heteroatoms. The number of benzene rings is 1. The second kappa shape index (κ2) is 7.77. The van der Waals surface area contributed by atoms with E-state index < -0.39 is 6.61 Å². The zero-order valence-corrected chi connectivity index (χ0v) is 12.9. The molecule has 118 valence electrons. The molecule has 1 amide bonds. The molecule has 1 aromatic carbocycles. The monoisotopic (exact) mass is 340 g/mol. The summed E-state index contributed by atoms with van der Waals surface area (Å²) in [6.45, 7) is 0.667. The van der Waals surface area contributed by atoms with Crippen LogP contribution in [0, 0.1) is 0 Å². The van der Waals surface area contributed by atoms with E-state index in [-0.39, 0.29) is 35.7 Å². The van der Waals surface area contributed by atoms with Gasteiger partial charge in [-0.3, -0.25) is 4.79 Å². The van der Waals surface area contributed by atoms with Crippen LogP contribution in [0.4, 0.5) is 8.78 Å². The van der Waals surface area contributed by atoms with Gasteiger partial charge in [0.25, 0.3) is 5.91 Å². The van der Waals surface area contributed by atoms with E-state index in [0.29, 0.717) is 24.7 Å². The summed E-state index contributed by atoms with van der Waals surface area (Å²) in [5.41, 5.74) is 0.0619. The van der Waals surface area contributed by atoms with E-state index in [9.17, 15) is 13.6 Å². The largest absolute Gasteiger partial charge is 0.434 e. The molecule has 1 atom stereocenters. The third kappa shape index (κ3) is 4.69. The van der Waals surface area contributed by atoms with Crippen molar-refractivity contribution in [2.45, 2.75) is 19.6 Å². The molecule has 4 nitrogen and oxygen atoms in total. The minimum absolute atomic E-state index is 0. The van der Waals surface area contributed by atoms with Gasteiger partial charge in [0.1, 0.15) is 5.75 Å². The number of amides is 1. The van der Waals surface area contributed by atoms with Crippen LogP contribution in [-0.4, -0.2) is 43.1 Å². The molecule has 1 heterocycles. The lowest BCUT2D eigenvalue weighted by atomic mass is 10.1. The van der Waals surface area contributed by atoms with Crippen LogP contribution >= 0.6 is 24.0 Å². The van der Waals surface area contributed by atoms with E-state index in [2.05, 4.69) is 10.1 Å². The summed E-state index contributed by atoms with van der Waals surface area (Å²) in [4.78, 5) is 14.0. The van der Waals surface area contributed by atoms with Crippen molar-refractivity contribution in [3.05, 3.63) is 28.8 Å². The molecular formula is C13H16Cl2F2N2O2. The third-order valence-electron chi connectivity index (χ3n) is 3.04. The highest BCUT2D eigenvalue weighted by atomic mass is 35.5. The third-order valence-corrected chi connectivity index (χ3v) is 3.28. The second-order valence-electron chi connectivity index (χ2n) is 4.63. The highest BCUT2D eigenvalue weighted by Crippen LogP contribution is 2.26. The van der Waals surface area contributed by atoms with Gasteiger partial charge in [-0.05, 0) is 25.1 Å². The van der Waals surface area contributed by atoms with Gasteiger partial charge >= 0.3 is 6.61 Å². The van der Waals surface area contributed by atoms with Crippen molar-refractivity contribution in [3.63, 3.8) is 0 Å². The Labute approximate surface area is 132 Å². The average Bonchev–Trinajstić information content (AvgIpc) is 2.39. The Hall–Kier alpha value is -1.11. The number of nitrogens with one attached hydrogen (secondary N) is 1. The number of ether oxygens (including phenoxy) is 1. The normalized spacial score (nSPS) is 18.3. The molecule has 0 bridgehead atoms.